The van der Waals surface area contributed by atoms with E-state index in [-0.39, 0.29) is 5.97 Å². The van der Waals surface area contributed by atoms with Crippen LogP contribution in [0.4, 0.5) is 5.13 Å². The van der Waals surface area contributed by atoms with Gasteiger partial charge in [-0.1, -0.05) is 6.92 Å². The highest BCUT2D eigenvalue weighted by Gasteiger charge is 2.30. The lowest BCUT2D eigenvalue weighted by molar-refractivity contribution is 0.0520. The van der Waals surface area contributed by atoms with Crippen LogP contribution in [0.1, 0.15) is 43.6 Å². The van der Waals surface area contributed by atoms with Gasteiger partial charge < -0.3 is 9.64 Å². The first kappa shape index (κ1) is 12.4. The first-order valence-electron chi connectivity index (χ1n) is 6.15. The Labute approximate surface area is 106 Å². The number of nitrogens with zero attached hydrogens (tertiary/aromatic N) is 2. The summed E-state index contributed by atoms with van der Waals surface area (Å²) in [4.78, 5) is 18.2. The van der Waals surface area contributed by atoms with Gasteiger partial charge in [-0.25, -0.2) is 9.78 Å². The fourth-order valence-electron chi connectivity index (χ4n) is 1.76. The third kappa shape index (κ3) is 2.97. The molecule has 0 aromatic carbocycles. The van der Waals surface area contributed by atoms with E-state index in [2.05, 4.69) is 16.8 Å². The molecule has 0 saturated heterocycles. The monoisotopic (exact) mass is 254 g/mol. The molecule has 5 heteroatoms. The molecule has 94 valence electrons. The van der Waals surface area contributed by atoms with Gasteiger partial charge in [0.05, 0.1) is 6.61 Å². The average Bonchev–Trinajstić information content (AvgIpc) is 3.03. The summed E-state index contributed by atoms with van der Waals surface area (Å²) in [5.74, 6) is -0.317. The molecule has 0 spiro atoms. The van der Waals surface area contributed by atoms with E-state index in [4.69, 9.17) is 4.74 Å². The van der Waals surface area contributed by atoms with E-state index in [1.165, 1.54) is 24.2 Å². The normalized spacial score (nSPS) is 14.7. The first-order valence-corrected chi connectivity index (χ1v) is 7.03. The molecule has 0 amide bonds. The van der Waals surface area contributed by atoms with Crippen LogP contribution in [0.25, 0.3) is 0 Å². The van der Waals surface area contributed by atoms with Crippen LogP contribution in [0.3, 0.4) is 0 Å². The zero-order chi connectivity index (χ0) is 12.3. The molecule has 17 heavy (non-hydrogen) atoms. The minimum absolute atomic E-state index is 0.317. The van der Waals surface area contributed by atoms with Crippen LogP contribution >= 0.6 is 11.3 Å². The maximum Gasteiger partial charge on any atom is 0.357 e. The third-order valence-electron chi connectivity index (χ3n) is 2.67. The summed E-state index contributed by atoms with van der Waals surface area (Å²) in [7, 11) is 0. The number of esters is 1. The number of aromatic nitrogens is 1. The van der Waals surface area contributed by atoms with Gasteiger partial charge >= 0.3 is 5.97 Å². The van der Waals surface area contributed by atoms with Gasteiger partial charge in [0.1, 0.15) is 0 Å². The van der Waals surface area contributed by atoms with Crippen LogP contribution < -0.4 is 4.90 Å². The number of carbonyl (C=O) groups excluding carboxylic acids is 1. The van der Waals surface area contributed by atoms with Crippen LogP contribution in [0.2, 0.25) is 0 Å². The quantitative estimate of drug-likeness (QED) is 0.732. The molecule has 0 unspecified atom stereocenters. The predicted molar refractivity (Wildman–Crippen MR) is 68.7 cm³/mol. The summed E-state index contributed by atoms with van der Waals surface area (Å²) in [6.45, 7) is 5.38. The van der Waals surface area contributed by atoms with Crippen LogP contribution in [-0.4, -0.2) is 30.1 Å². The number of carbonyl (C=O) groups is 1. The molecule has 0 aliphatic heterocycles. The van der Waals surface area contributed by atoms with Crippen molar-refractivity contribution in [2.24, 2.45) is 0 Å². The molecule has 0 N–H and O–H groups in total. The number of rotatable bonds is 6. The van der Waals surface area contributed by atoms with Gasteiger partial charge in [0.25, 0.3) is 0 Å². The van der Waals surface area contributed by atoms with Gasteiger partial charge in [-0.05, 0) is 26.2 Å². The van der Waals surface area contributed by atoms with Crippen molar-refractivity contribution in [1.29, 1.82) is 0 Å². The zero-order valence-electron chi connectivity index (χ0n) is 10.3. The highest BCUT2D eigenvalue weighted by atomic mass is 32.1. The maximum atomic E-state index is 11.5. The van der Waals surface area contributed by atoms with E-state index >= 15 is 0 Å². The Bertz CT molecular complexity index is 388. The minimum Gasteiger partial charge on any atom is -0.461 e. The average molecular weight is 254 g/mol. The molecule has 0 radical (unpaired) electrons. The SMILES string of the molecule is CCCN(c1nc(C(=O)OCC)cs1)C1CC1. The van der Waals surface area contributed by atoms with E-state index in [1.807, 2.05) is 0 Å². The number of hydrogen-bond acceptors (Lipinski definition) is 5. The molecule has 1 aliphatic rings. The maximum absolute atomic E-state index is 11.5. The van der Waals surface area contributed by atoms with Gasteiger partial charge in [0.15, 0.2) is 10.8 Å². The van der Waals surface area contributed by atoms with Crippen molar-refractivity contribution in [3.8, 4) is 0 Å². The molecule has 2 rings (SSSR count). The zero-order valence-corrected chi connectivity index (χ0v) is 11.1. The van der Waals surface area contributed by atoms with E-state index in [1.54, 1.807) is 12.3 Å². The summed E-state index contributed by atoms with van der Waals surface area (Å²) in [6, 6.07) is 0.635. The van der Waals surface area contributed by atoms with Gasteiger partial charge in [-0.3, -0.25) is 0 Å². The van der Waals surface area contributed by atoms with Gasteiger partial charge in [0, 0.05) is 18.0 Å². The van der Waals surface area contributed by atoms with Gasteiger partial charge in [-0.2, -0.15) is 0 Å². The second kappa shape index (κ2) is 5.49. The number of thiazole rings is 1. The molecule has 4 nitrogen and oxygen atoms in total. The lowest BCUT2D eigenvalue weighted by Gasteiger charge is -2.20. The summed E-state index contributed by atoms with van der Waals surface area (Å²) in [6.07, 6.45) is 3.59. The fraction of sp³-hybridized carbons (Fsp3) is 0.667. The van der Waals surface area contributed by atoms with Crippen LogP contribution in [0, 0.1) is 0 Å². The van der Waals surface area contributed by atoms with Crippen molar-refractivity contribution in [3.05, 3.63) is 11.1 Å². The minimum atomic E-state index is -0.317. The van der Waals surface area contributed by atoms with Crippen molar-refractivity contribution < 1.29 is 9.53 Å². The smallest absolute Gasteiger partial charge is 0.357 e. The molecular formula is C12H18N2O2S. The van der Waals surface area contributed by atoms with Gasteiger partial charge in [-0.15, -0.1) is 11.3 Å². The second-order valence-corrected chi connectivity index (χ2v) is 5.00. The lowest BCUT2D eigenvalue weighted by Crippen LogP contribution is -2.26. The topological polar surface area (TPSA) is 42.4 Å². The van der Waals surface area contributed by atoms with E-state index < -0.39 is 0 Å². The Balaban J connectivity index is 2.07. The Morgan fingerprint density at radius 1 is 1.59 bits per heavy atom. The second-order valence-electron chi connectivity index (χ2n) is 4.16. The molecule has 1 saturated carbocycles. The summed E-state index contributed by atoms with van der Waals surface area (Å²) >= 11 is 1.53. The summed E-state index contributed by atoms with van der Waals surface area (Å²) in [5, 5.41) is 2.75. The molecule has 1 aromatic heterocycles. The highest BCUT2D eigenvalue weighted by molar-refractivity contribution is 7.13. The predicted octanol–water partition coefficient (Wildman–Crippen LogP) is 2.70. The summed E-state index contributed by atoms with van der Waals surface area (Å²) in [5.41, 5.74) is 0.439. The lowest BCUT2D eigenvalue weighted by atomic mass is 10.4. The third-order valence-corrected chi connectivity index (χ3v) is 3.55. The van der Waals surface area contributed by atoms with Crippen LogP contribution in [0.15, 0.2) is 5.38 Å². The van der Waals surface area contributed by atoms with Gasteiger partial charge in [0.2, 0.25) is 0 Å². The molecular weight excluding hydrogens is 236 g/mol. The molecule has 1 fully saturated rings. The Hall–Kier alpha value is -1.10. The number of ether oxygens (including phenoxy) is 1. The highest BCUT2D eigenvalue weighted by Crippen LogP contribution is 2.33. The molecule has 0 bridgehead atoms. The fourth-order valence-corrected chi connectivity index (χ4v) is 2.65. The first-order chi connectivity index (χ1) is 8.26. The van der Waals surface area contributed by atoms with E-state index in [0.717, 1.165) is 18.1 Å². The van der Waals surface area contributed by atoms with Crippen molar-refractivity contribution in [2.45, 2.75) is 39.2 Å². The van der Waals surface area contributed by atoms with Crippen molar-refractivity contribution in [1.82, 2.24) is 4.98 Å². The van der Waals surface area contributed by atoms with Crippen molar-refractivity contribution in [2.75, 3.05) is 18.1 Å². The molecule has 1 aliphatic carbocycles. The Morgan fingerprint density at radius 2 is 2.35 bits per heavy atom. The molecule has 1 aromatic rings. The van der Waals surface area contributed by atoms with E-state index in [9.17, 15) is 4.79 Å². The largest absolute Gasteiger partial charge is 0.461 e. The summed E-state index contributed by atoms with van der Waals surface area (Å²) < 4.78 is 4.94. The molecule has 0 atom stereocenters. The molecule has 1 heterocycles. The van der Waals surface area contributed by atoms with Crippen molar-refractivity contribution in [3.63, 3.8) is 0 Å². The number of anilines is 1. The van der Waals surface area contributed by atoms with Crippen LogP contribution in [-0.2, 0) is 4.74 Å². The van der Waals surface area contributed by atoms with E-state index in [0.29, 0.717) is 18.3 Å². The Kier molecular flexibility index (Phi) is 3.99. The number of hydrogen-bond donors (Lipinski definition) is 0. The standard InChI is InChI=1S/C12H18N2O2S/c1-3-7-14(9-5-6-9)12-13-10(8-17-12)11(15)16-4-2/h8-9H,3-7H2,1-2H3. The van der Waals surface area contributed by atoms with Crippen LogP contribution in [0.5, 0.6) is 0 Å². The Morgan fingerprint density at radius 3 is 2.94 bits per heavy atom. The van der Waals surface area contributed by atoms with Crippen molar-refractivity contribution >= 4 is 22.4 Å².